The first-order valence-electron chi connectivity index (χ1n) is 12.5. The molecule has 1 saturated heterocycles. The maximum Gasteiger partial charge on any atom is 0.278 e. The van der Waals surface area contributed by atoms with Gasteiger partial charge < -0.3 is 24.8 Å². The number of thiazole rings is 1. The van der Waals surface area contributed by atoms with E-state index in [1.54, 1.807) is 26.3 Å². The SMILES string of the molecule is CC#CCN1C(=O)c2c(ncn2[C@@H](C)C(=O)Nc2csc(-c3ccc(N4CC5CC5C4)nc3)n2)N(C)C1O. The van der Waals surface area contributed by atoms with Crippen LogP contribution in [-0.2, 0) is 4.79 Å². The molecule has 2 fully saturated rings. The molecule has 2 amide bonds. The Hall–Kier alpha value is -3.95. The van der Waals surface area contributed by atoms with Crippen molar-refractivity contribution in [2.24, 2.45) is 11.8 Å². The minimum Gasteiger partial charge on any atom is -0.356 e. The molecular formula is C26H28N8O3S. The van der Waals surface area contributed by atoms with Gasteiger partial charge in [0.15, 0.2) is 11.5 Å². The highest BCUT2D eigenvalue weighted by Crippen LogP contribution is 2.46. The molecule has 0 bridgehead atoms. The highest BCUT2D eigenvalue weighted by Gasteiger charge is 2.45. The molecule has 3 aliphatic rings. The number of nitrogens with zero attached hydrogens (tertiary/aromatic N) is 7. The van der Waals surface area contributed by atoms with Crippen LogP contribution in [0, 0.1) is 23.7 Å². The second kappa shape index (κ2) is 9.41. The number of piperidine rings is 1. The molecule has 11 nitrogen and oxygen atoms in total. The summed E-state index contributed by atoms with van der Waals surface area (Å²) < 4.78 is 1.51. The standard InChI is InChI=1S/C26H28N8O3S/c1-4-5-8-33-25(36)21-22(31(3)26(33)37)28-14-34(21)15(2)23(35)29-19-13-38-24(30-19)16-6-7-20(27-10-16)32-11-17-9-18(17)12-32/h6-7,10,13-15,17-18,26,37H,8-9,11-12H2,1-3H3,(H,29,35)/t15-,17?,18?,26?/m0/s1. The zero-order valence-electron chi connectivity index (χ0n) is 21.3. The molecular weight excluding hydrogens is 504 g/mol. The molecule has 5 heterocycles. The van der Waals surface area contributed by atoms with Crippen molar-refractivity contribution in [3.05, 3.63) is 35.7 Å². The van der Waals surface area contributed by atoms with Gasteiger partial charge in [0, 0.05) is 37.3 Å². The lowest BCUT2D eigenvalue weighted by molar-refractivity contribution is -0.118. The van der Waals surface area contributed by atoms with Crippen LogP contribution < -0.4 is 15.1 Å². The number of pyridine rings is 1. The Balaban J connectivity index is 1.15. The third kappa shape index (κ3) is 4.17. The molecule has 0 aromatic carbocycles. The van der Waals surface area contributed by atoms with Gasteiger partial charge in [-0.1, -0.05) is 5.92 Å². The Kier molecular flexibility index (Phi) is 6.04. The van der Waals surface area contributed by atoms with Crippen molar-refractivity contribution in [2.75, 3.05) is 41.8 Å². The molecule has 12 heteroatoms. The Morgan fingerprint density at radius 3 is 2.79 bits per heavy atom. The summed E-state index contributed by atoms with van der Waals surface area (Å²) >= 11 is 1.42. The molecule has 1 aliphatic carbocycles. The molecule has 0 radical (unpaired) electrons. The van der Waals surface area contributed by atoms with Crippen LogP contribution in [0.3, 0.4) is 0 Å². The van der Waals surface area contributed by atoms with E-state index >= 15 is 0 Å². The van der Waals surface area contributed by atoms with Gasteiger partial charge in [0.05, 0.1) is 12.9 Å². The monoisotopic (exact) mass is 532 g/mol. The smallest absolute Gasteiger partial charge is 0.278 e. The summed E-state index contributed by atoms with van der Waals surface area (Å²) in [6, 6.07) is 3.29. The predicted molar refractivity (Wildman–Crippen MR) is 144 cm³/mol. The quantitative estimate of drug-likeness (QED) is 0.464. The maximum atomic E-state index is 13.2. The van der Waals surface area contributed by atoms with Crippen molar-refractivity contribution >= 4 is 40.6 Å². The average Bonchev–Trinajstić information content (AvgIpc) is 3.31. The molecule has 0 spiro atoms. The fourth-order valence-corrected chi connectivity index (χ4v) is 5.83. The largest absolute Gasteiger partial charge is 0.356 e. The number of carbonyl (C=O) groups excluding carboxylic acids is 2. The van der Waals surface area contributed by atoms with Crippen LogP contribution in [0.25, 0.3) is 10.6 Å². The number of amides is 2. The maximum absolute atomic E-state index is 13.2. The van der Waals surface area contributed by atoms with Crippen LogP contribution in [0.2, 0.25) is 0 Å². The van der Waals surface area contributed by atoms with Gasteiger partial charge in [0.2, 0.25) is 12.3 Å². The van der Waals surface area contributed by atoms with E-state index in [9.17, 15) is 14.7 Å². The number of hydrogen-bond acceptors (Lipinski definition) is 9. The molecule has 2 N–H and O–H groups in total. The van der Waals surface area contributed by atoms with Gasteiger partial charge >= 0.3 is 0 Å². The molecule has 4 atom stereocenters. The van der Waals surface area contributed by atoms with Crippen LogP contribution in [0.5, 0.6) is 0 Å². The molecule has 6 rings (SSSR count). The summed E-state index contributed by atoms with van der Waals surface area (Å²) in [7, 11) is 1.64. The summed E-state index contributed by atoms with van der Waals surface area (Å²) in [5.41, 5.74) is 1.11. The summed E-state index contributed by atoms with van der Waals surface area (Å²) in [6.07, 6.45) is 3.43. The van der Waals surface area contributed by atoms with Gasteiger partial charge in [0.25, 0.3) is 5.91 Å². The van der Waals surface area contributed by atoms with E-state index in [0.717, 1.165) is 41.3 Å². The van der Waals surface area contributed by atoms with Gasteiger partial charge in [-0.15, -0.1) is 17.3 Å². The second-order valence-electron chi connectivity index (χ2n) is 9.91. The van der Waals surface area contributed by atoms with Crippen molar-refractivity contribution in [3.8, 4) is 22.4 Å². The topological polar surface area (TPSA) is 120 Å². The fourth-order valence-electron chi connectivity index (χ4n) is 5.09. The first-order valence-corrected chi connectivity index (χ1v) is 13.4. The van der Waals surface area contributed by atoms with E-state index in [0.29, 0.717) is 11.6 Å². The zero-order valence-corrected chi connectivity index (χ0v) is 22.1. The molecule has 196 valence electrons. The predicted octanol–water partition coefficient (Wildman–Crippen LogP) is 2.25. The Bertz CT molecular complexity index is 1440. The molecule has 3 aromatic heterocycles. The minimum atomic E-state index is -1.19. The Morgan fingerprint density at radius 1 is 1.29 bits per heavy atom. The lowest BCUT2D eigenvalue weighted by Gasteiger charge is -2.37. The molecule has 2 aliphatic heterocycles. The van der Waals surface area contributed by atoms with Crippen LogP contribution >= 0.6 is 11.3 Å². The molecule has 3 aromatic rings. The zero-order chi connectivity index (χ0) is 26.6. The number of aromatic nitrogens is 4. The number of hydrogen-bond donors (Lipinski definition) is 2. The van der Waals surface area contributed by atoms with Crippen LogP contribution in [-0.4, -0.2) is 74.4 Å². The van der Waals surface area contributed by atoms with Crippen LogP contribution in [0.1, 0.15) is 36.8 Å². The van der Waals surface area contributed by atoms with Gasteiger partial charge in [-0.05, 0) is 44.2 Å². The summed E-state index contributed by atoms with van der Waals surface area (Å²) in [5.74, 6) is 8.18. The Labute approximate surface area is 224 Å². The number of aliphatic hydroxyl groups is 1. The summed E-state index contributed by atoms with van der Waals surface area (Å²) in [6.45, 7) is 5.59. The number of imidazole rings is 1. The number of fused-ring (bicyclic) bond motifs is 2. The normalized spacial score (nSPS) is 22.5. The highest BCUT2D eigenvalue weighted by molar-refractivity contribution is 7.13. The van der Waals surface area contributed by atoms with Gasteiger partial charge in [-0.3, -0.25) is 14.5 Å². The highest BCUT2D eigenvalue weighted by atomic mass is 32.1. The van der Waals surface area contributed by atoms with Crippen molar-refractivity contribution in [1.82, 2.24) is 24.4 Å². The molecule has 1 saturated carbocycles. The van der Waals surface area contributed by atoms with E-state index in [-0.39, 0.29) is 18.1 Å². The van der Waals surface area contributed by atoms with Crippen molar-refractivity contribution in [2.45, 2.75) is 32.7 Å². The van der Waals surface area contributed by atoms with Crippen LogP contribution in [0.15, 0.2) is 30.0 Å². The second-order valence-corrected chi connectivity index (χ2v) is 10.8. The lowest BCUT2D eigenvalue weighted by Crippen LogP contribution is -2.54. The average molecular weight is 533 g/mol. The number of nitrogens with one attached hydrogen (secondary N) is 1. The molecule has 38 heavy (non-hydrogen) atoms. The summed E-state index contributed by atoms with van der Waals surface area (Å²) in [4.78, 5) is 44.9. The van der Waals surface area contributed by atoms with Gasteiger partial charge in [0.1, 0.15) is 22.7 Å². The number of anilines is 3. The fraction of sp³-hybridized carbons (Fsp3) is 0.423. The van der Waals surface area contributed by atoms with Crippen molar-refractivity contribution in [3.63, 3.8) is 0 Å². The third-order valence-corrected chi connectivity index (χ3v) is 8.36. The van der Waals surface area contributed by atoms with E-state index in [1.165, 1.54) is 38.5 Å². The van der Waals surface area contributed by atoms with E-state index in [2.05, 4.69) is 37.0 Å². The number of rotatable bonds is 6. The van der Waals surface area contributed by atoms with Crippen molar-refractivity contribution in [1.29, 1.82) is 0 Å². The van der Waals surface area contributed by atoms with Crippen molar-refractivity contribution < 1.29 is 14.7 Å². The van der Waals surface area contributed by atoms with Crippen LogP contribution in [0.4, 0.5) is 17.5 Å². The summed E-state index contributed by atoms with van der Waals surface area (Å²) in [5, 5.41) is 15.9. The minimum absolute atomic E-state index is 0.0581. The van der Waals surface area contributed by atoms with E-state index in [4.69, 9.17) is 0 Å². The number of aliphatic hydroxyl groups excluding tert-OH is 1. The van der Waals surface area contributed by atoms with E-state index in [1.807, 2.05) is 18.3 Å². The third-order valence-electron chi connectivity index (χ3n) is 7.47. The number of carbonyl (C=O) groups is 2. The molecule has 3 unspecified atom stereocenters. The Morgan fingerprint density at radius 2 is 2.08 bits per heavy atom. The van der Waals surface area contributed by atoms with E-state index < -0.39 is 18.3 Å². The first-order chi connectivity index (χ1) is 18.4. The lowest BCUT2D eigenvalue weighted by atomic mass is 10.2. The van der Waals surface area contributed by atoms with Gasteiger partial charge in [-0.2, -0.15) is 0 Å². The van der Waals surface area contributed by atoms with Gasteiger partial charge in [-0.25, -0.2) is 15.0 Å². The first kappa shape index (κ1) is 24.4.